The molecule has 0 aliphatic carbocycles. The van der Waals surface area contributed by atoms with Gasteiger partial charge in [-0.05, 0) is 37.6 Å². The minimum absolute atomic E-state index is 0.0310. The number of carbonyl (C=O) groups is 3. The van der Waals surface area contributed by atoms with Gasteiger partial charge in [-0.15, -0.1) is 0 Å². The lowest BCUT2D eigenvalue weighted by molar-refractivity contribution is -0.132. The van der Waals surface area contributed by atoms with Gasteiger partial charge in [0.25, 0.3) is 11.8 Å². The Kier molecular flexibility index (Phi) is 5.70. The molecule has 2 aromatic rings. The molecular formula is C23H24N2O5. The number of nitrogens with zero attached hydrogens (tertiary/aromatic N) is 2. The molecule has 0 saturated carbocycles. The Morgan fingerprint density at radius 2 is 1.67 bits per heavy atom. The zero-order valence-electron chi connectivity index (χ0n) is 16.9. The van der Waals surface area contributed by atoms with Crippen LogP contribution < -0.4 is 9.47 Å². The van der Waals surface area contributed by atoms with E-state index in [1.807, 2.05) is 31.2 Å². The van der Waals surface area contributed by atoms with E-state index < -0.39 is 0 Å². The molecule has 2 heterocycles. The molecule has 0 spiro atoms. The molecule has 0 saturated heterocycles. The Bertz CT molecular complexity index is 939. The van der Waals surface area contributed by atoms with Crippen LogP contribution in [0.25, 0.3) is 0 Å². The summed E-state index contributed by atoms with van der Waals surface area (Å²) in [4.78, 5) is 40.5. The number of rotatable bonds is 7. The number of fused-ring (bicyclic) bond motifs is 2. The third-order valence-electron chi connectivity index (χ3n) is 5.38. The number of hydrogen-bond acceptors (Lipinski definition) is 5. The van der Waals surface area contributed by atoms with Crippen LogP contribution >= 0.6 is 0 Å². The molecule has 1 unspecified atom stereocenters. The van der Waals surface area contributed by atoms with Crippen molar-refractivity contribution in [3.63, 3.8) is 0 Å². The van der Waals surface area contributed by atoms with Gasteiger partial charge < -0.3 is 14.4 Å². The molecular weight excluding hydrogens is 384 g/mol. The van der Waals surface area contributed by atoms with Crippen LogP contribution in [0.3, 0.4) is 0 Å². The largest absolute Gasteiger partial charge is 0.486 e. The molecule has 2 aliphatic rings. The first-order valence-electron chi connectivity index (χ1n) is 10.2. The van der Waals surface area contributed by atoms with Crippen molar-refractivity contribution in [1.29, 1.82) is 0 Å². The number of imide groups is 1. The lowest BCUT2D eigenvalue weighted by Crippen LogP contribution is -2.43. The van der Waals surface area contributed by atoms with Gasteiger partial charge in [0.2, 0.25) is 5.91 Å². The molecule has 0 bridgehead atoms. The summed E-state index contributed by atoms with van der Waals surface area (Å²) in [5.41, 5.74) is 0.859. The van der Waals surface area contributed by atoms with Crippen molar-refractivity contribution in [1.82, 2.24) is 9.80 Å². The fourth-order valence-corrected chi connectivity index (χ4v) is 3.79. The molecule has 7 nitrogen and oxygen atoms in total. The van der Waals surface area contributed by atoms with E-state index in [0.29, 0.717) is 48.7 Å². The summed E-state index contributed by atoms with van der Waals surface area (Å²) in [6.07, 6.45) is 0.442. The molecule has 3 amide bonds. The van der Waals surface area contributed by atoms with Crippen molar-refractivity contribution in [2.75, 3.05) is 26.2 Å². The second-order valence-corrected chi connectivity index (χ2v) is 7.34. The summed E-state index contributed by atoms with van der Waals surface area (Å²) >= 11 is 0. The van der Waals surface area contributed by atoms with E-state index in [1.165, 1.54) is 4.90 Å². The van der Waals surface area contributed by atoms with E-state index in [2.05, 4.69) is 0 Å². The van der Waals surface area contributed by atoms with E-state index in [4.69, 9.17) is 9.47 Å². The molecule has 156 valence electrons. The maximum absolute atomic E-state index is 12.7. The number of amides is 3. The standard InChI is InChI=1S/C23H24N2O5/c1-2-24(14-16-15-29-19-10-5-6-11-20(19)30-16)21(26)12-7-13-25-22(27)17-8-3-4-9-18(17)23(25)28/h3-6,8-11,16H,2,7,12-15H2,1H3. The van der Waals surface area contributed by atoms with Gasteiger partial charge in [-0.3, -0.25) is 19.3 Å². The normalized spacial score (nSPS) is 17.1. The number of carbonyl (C=O) groups excluding carboxylic acids is 3. The van der Waals surface area contributed by atoms with Gasteiger partial charge in [0.05, 0.1) is 17.7 Å². The van der Waals surface area contributed by atoms with E-state index in [1.54, 1.807) is 29.2 Å². The Morgan fingerprint density at radius 3 is 2.33 bits per heavy atom. The number of hydrogen-bond donors (Lipinski definition) is 0. The van der Waals surface area contributed by atoms with Gasteiger partial charge in [-0.1, -0.05) is 24.3 Å². The fourth-order valence-electron chi connectivity index (χ4n) is 3.79. The number of ether oxygens (including phenoxy) is 2. The van der Waals surface area contributed by atoms with Crippen molar-refractivity contribution < 1.29 is 23.9 Å². The van der Waals surface area contributed by atoms with Gasteiger partial charge >= 0.3 is 0 Å². The third-order valence-corrected chi connectivity index (χ3v) is 5.38. The van der Waals surface area contributed by atoms with Gasteiger partial charge in [-0.25, -0.2) is 0 Å². The van der Waals surface area contributed by atoms with Gasteiger partial charge in [-0.2, -0.15) is 0 Å². The highest BCUT2D eigenvalue weighted by Gasteiger charge is 2.34. The smallest absolute Gasteiger partial charge is 0.261 e. The first-order chi connectivity index (χ1) is 14.6. The van der Waals surface area contributed by atoms with Crippen LogP contribution in [0, 0.1) is 0 Å². The molecule has 30 heavy (non-hydrogen) atoms. The van der Waals surface area contributed by atoms with Gasteiger partial charge in [0.15, 0.2) is 17.6 Å². The second kappa shape index (κ2) is 8.57. The van der Waals surface area contributed by atoms with E-state index in [-0.39, 0.29) is 36.8 Å². The maximum Gasteiger partial charge on any atom is 0.261 e. The monoisotopic (exact) mass is 408 g/mol. The van der Waals surface area contributed by atoms with Crippen LogP contribution in [0.2, 0.25) is 0 Å². The van der Waals surface area contributed by atoms with Crippen LogP contribution in [0.5, 0.6) is 11.5 Å². The molecule has 0 radical (unpaired) electrons. The van der Waals surface area contributed by atoms with E-state index >= 15 is 0 Å². The summed E-state index contributed by atoms with van der Waals surface area (Å²) in [5, 5.41) is 0. The number of para-hydroxylation sites is 2. The topological polar surface area (TPSA) is 76.2 Å². The Labute approximate surface area is 175 Å². The highest BCUT2D eigenvalue weighted by atomic mass is 16.6. The molecule has 0 aromatic heterocycles. The molecule has 0 fully saturated rings. The summed E-state index contributed by atoms with van der Waals surface area (Å²) in [6, 6.07) is 14.3. The van der Waals surface area contributed by atoms with Crippen LogP contribution in [0.4, 0.5) is 0 Å². The zero-order valence-corrected chi connectivity index (χ0v) is 16.9. The van der Waals surface area contributed by atoms with Crippen LogP contribution in [-0.4, -0.2) is 59.9 Å². The SMILES string of the molecule is CCN(CC1COc2ccccc2O1)C(=O)CCCN1C(=O)c2ccccc2C1=O. The summed E-state index contributed by atoms with van der Waals surface area (Å²) in [5.74, 6) is 0.784. The highest BCUT2D eigenvalue weighted by Crippen LogP contribution is 2.31. The van der Waals surface area contributed by atoms with Crippen LogP contribution in [0.15, 0.2) is 48.5 Å². The average molecular weight is 408 g/mol. The Hall–Kier alpha value is -3.35. The van der Waals surface area contributed by atoms with Crippen molar-refractivity contribution in [3.8, 4) is 11.5 Å². The first kappa shape index (κ1) is 19.9. The summed E-state index contributed by atoms with van der Waals surface area (Å²) in [6.45, 7) is 3.51. The van der Waals surface area contributed by atoms with Crippen molar-refractivity contribution in [2.24, 2.45) is 0 Å². The molecule has 7 heteroatoms. The lowest BCUT2D eigenvalue weighted by Gasteiger charge is -2.31. The predicted octanol–water partition coefficient (Wildman–Crippen LogP) is 2.75. The number of likely N-dealkylation sites (N-methyl/N-ethyl adjacent to an activating group) is 1. The van der Waals surface area contributed by atoms with Crippen molar-refractivity contribution >= 4 is 17.7 Å². The molecule has 1 atom stereocenters. The maximum atomic E-state index is 12.7. The molecule has 0 N–H and O–H groups in total. The Morgan fingerprint density at radius 1 is 1.03 bits per heavy atom. The second-order valence-electron chi connectivity index (χ2n) is 7.34. The lowest BCUT2D eigenvalue weighted by atomic mass is 10.1. The van der Waals surface area contributed by atoms with Crippen molar-refractivity contribution in [2.45, 2.75) is 25.9 Å². The van der Waals surface area contributed by atoms with Crippen LogP contribution in [0.1, 0.15) is 40.5 Å². The minimum Gasteiger partial charge on any atom is -0.486 e. The molecule has 4 rings (SSSR count). The Balaban J connectivity index is 1.28. The molecule has 2 aromatic carbocycles. The summed E-state index contributed by atoms with van der Waals surface area (Å²) in [7, 11) is 0. The fraction of sp³-hybridized carbons (Fsp3) is 0.348. The number of benzene rings is 2. The predicted molar refractivity (Wildman–Crippen MR) is 110 cm³/mol. The first-order valence-corrected chi connectivity index (χ1v) is 10.2. The highest BCUT2D eigenvalue weighted by molar-refractivity contribution is 6.21. The van der Waals surface area contributed by atoms with Gasteiger partial charge in [0.1, 0.15) is 6.61 Å². The van der Waals surface area contributed by atoms with Crippen molar-refractivity contribution in [3.05, 3.63) is 59.7 Å². The quantitative estimate of drug-likeness (QED) is 0.659. The van der Waals surface area contributed by atoms with Gasteiger partial charge in [0, 0.05) is 19.5 Å². The van der Waals surface area contributed by atoms with E-state index in [0.717, 1.165) is 0 Å². The zero-order chi connectivity index (χ0) is 21.1. The van der Waals surface area contributed by atoms with E-state index in [9.17, 15) is 14.4 Å². The van der Waals surface area contributed by atoms with Crippen LogP contribution in [-0.2, 0) is 4.79 Å². The summed E-state index contributed by atoms with van der Waals surface area (Å²) < 4.78 is 11.7. The third kappa shape index (κ3) is 3.87. The molecule has 2 aliphatic heterocycles. The average Bonchev–Trinajstić information content (AvgIpc) is 3.02. The minimum atomic E-state index is -0.290.